The summed E-state index contributed by atoms with van der Waals surface area (Å²) >= 11 is 5.07. The minimum atomic E-state index is 0.650. The third-order valence-electron chi connectivity index (χ3n) is 2.14. The van der Waals surface area contributed by atoms with E-state index < -0.39 is 0 Å². The van der Waals surface area contributed by atoms with E-state index >= 15 is 0 Å². The largest absolute Gasteiger partial charge is 0.347 e. The molecule has 0 unspecified atom stereocenters. The fraction of sp³-hybridized carbons (Fsp3) is 0.167. The number of rotatable bonds is 2. The van der Waals surface area contributed by atoms with Crippen LogP contribution >= 0.6 is 12.2 Å². The molecule has 0 aliphatic rings. The number of H-pyrrole nitrogens is 1. The lowest BCUT2D eigenvalue weighted by Gasteiger charge is -2.02. The van der Waals surface area contributed by atoms with Gasteiger partial charge in [-0.25, -0.2) is 4.98 Å². The number of aryl methyl sites for hydroxylation is 1. The second kappa shape index (κ2) is 4.36. The molecule has 15 heavy (non-hydrogen) atoms. The fourth-order valence-corrected chi connectivity index (χ4v) is 1.80. The van der Waals surface area contributed by atoms with Gasteiger partial charge in [0.05, 0.1) is 0 Å². The first-order valence-corrected chi connectivity index (χ1v) is 5.25. The number of nitrogens with zero attached hydrogens (tertiary/aromatic N) is 1. The Kier molecular flexibility index (Phi) is 2.92. The third kappa shape index (κ3) is 2.73. The average molecular weight is 216 g/mol. The molecule has 0 saturated carbocycles. The predicted octanol–water partition coefficient (Wildman–Crippen LogP) is 3.04. The van der Waals surface area contributed by atoms with E-state index in [1.165, 1.54) is 5.56 Å². The molecule has 2 aromatic rings. The zero-order chi connectivity index (χ0) is 10.7. The molecular formula is C12H12N2S. The molecule has 1 N–H and O–H groups in total. The minimum absolute atomic E-state index is 0.650. The Morgan fingerprint density at radius 3 is 2.67 bits per heavy atom. The monoisotopic (exact) mass is 216 g/mol. The Balaban J connectivity index is 2.29. The Hall–Kier alpha value is -1.48. The second-order valence-corrected chi connectivity index (χ2v) is 3.93. The van der Waals surface area contributed by atoms with Gasteiger partial charge < -0.3 is 4.98 Å². The molecule has 0 fully saturated rings. The molecule has 0 amide bonds. The zero-order valence-corrected chi connectivity index (χ0v) is 9.34. The van der Waals surface area contributed by atoms with Crippen LogP contribution in [-0.2, 0) is 6.42 Å². The molecule has 0 bridgehead atoms. The standard InChI is InChI=1S/C12H12N2S/c1-9-7-12(15)14-11(13-9)8-10-5-3-2-4-6-10/h2-7H,8H2,1H3,(H,13,14,15). The van der Waals surface area contributed by atoms with Crippen LogP contribution in [0.25, 0.3) is 0 Å². The first kappa shape index (κ1) is 10.1. The molecule has 0 atom stereocenters. The molecule has 1 aromatic carbocycles. The van der Waals surface area contributed by atoms with Crippen molar-refractivity contribution in [1.29, 1.82) is 0 Å². The van der Waals surface area contributed by atoms with E-state index in [-0.39, 0.29) is 0 Å². The highest BCUT2D eigenvalue weighted by Crippen LogP contribution is 2.05. The zero-order valence-electron chi connectivity index (χ0n) is 8.53. The van der Waals surface area contributed by atoms with Crippen LogP contribution in [0.2, 0.25) is 0 Å². The van der Waals surface area contributed by atoms with E-state index in [2.05, 4.69) is 22.1 Å². The summed E-state index contributed by atoms with van der Waals surface area (Å²) in [5.74, 6) is 0.922. The van der Waals surface area contributed by atoms with E-state index in [1.807, 2.05) is 31.2 Å². The number of aromatic amines is 1. The number of hydrogen-bond donors (Lipinski definition) is 1. The van der Waals surface area contributed by atoms with Gasteiger partial charge in [-0.05, 0) is 18.6 Å². The van der Waals surface area contributed by atoms with Crippen molar-refractivity contribution in [2.45, 2.75) is 13.3 Å². The van der Waals surface area contributed by atoms with Gasteiger partial charge in [-0.2, -0.15) is 0 Å². The highest BCUT2D eigenvalue weighted by molar-refractivity contribution is 7.71. The molecule has 1 aromatic heterocycles. The molecule has 0 aliphatic carbocycles. The molecule has 0 spiro atoms. The van der Waals surface area contributed by atoms with Gasteiger partial charge >= 0.3 is 0 Å². The fourth-order valence-electron chi connectivity index (χ4n) is 1.52. The van der Waals surface area contributed by atoms with Gasteiger partial charge in [0.15, 0.2) is 0 Å². The summed E-state index contributed by atoms with van der Waals surface area (Å²) in [5, 5.41) is 0. The van der Waals surface area contributed by atoms with Gasteiger partial charge in [0.1, 0.15) is 10.5 Å². The lowest BCUT2D eigenvalue weighted by Crippen LogP contribution is -1.98. The predicted molar refractivity (Wildman–Crippen MR) is 63.4 cm³/mol. The molecule has 1 heterocycles. The molecule has 0 saturated heterocycles. The van der Waals surface area contributed by atoms with Crippen molar-refractivity contribution in [2.75, 3.05) is 0 Å². The van der Waals surface area contributed by atoms with Crippen molar-refractivity contribution in [1.82, 2.24) is 9.97 Å². The van der Waals surface area contributed by atoms with Crippen molar-refractivity contribution in [2.24, 2.45) is 0 Å². The second-order valence-electron chi connectivity index (χ2n) is 3.51. The highest BCUT2D eigenvalue weighted by Gasteiger charge is 1.98. The highest BCUT2D eigenvalue weighted by atomic mass is 32.1. The Bertz CT molecular complexity index is 503. The first-order valence-electron chi connectivity index (χ1n) is 4.85. The maximum Gasteiger partial charge on any atom is 0.129 e. The minimum Gasteiger partial charge on any atom is -0.347 e. The Morgan fingerprint density at radius 2 is 2.00 bits per heavy atom. The maximum atomic E-state index is 5.07. The third-order valence-corrected chi connectivity index (χ3v) is 2.35. The molecule has 3 heteroatoms. The van der Waals surface area contributed by atoms with Crippen LogP contribution in [0, 0.1) is 11.6 Å². The van der Waals surface area contributed by atoms with Crippen LogP contribution in [0.5, 0.6) is 0 Å². The van der Waals surface area contributed by atoms with Gasteiger partial charge in [0, 0.05) is 12.1 Å². The molecule has 2 rings (SSSR count). The summed E-state index contributed by atoms with van der Waals surface area (Å²) in [7, 11) is 0. The number of aromatic nitrogens is 2. The quantitative estimate of drug-likeness (QED) is 0.782. The van der Waals surface area contributed by atoms with Gasteiger partial charge in [-0.3, -0.25) is 0 Å². The van der Waals surface area contributed by atoms with Crippen LogP contribution in [0.1, 0.15) is 17.1 Å². The number of hydrogen-bond acceptors (Lipinski definition) is 2. The average Bonchev–Trinajstić information content (AvgIpc) is 2.17. The SMILES string of the molecule is Cc1cc(=S)nc(Cc2ccccc2)[nH]1. The molecular weight excluding hydrogens is 204 g/mol. The summed E-state index contributed by atoms with van der Waals surface area (Å²) in [6.07, 6.45) is 0.798. The smallest absolute Gasteiger partial charge is 0.129 e. The van der Waals surface area contributed by atoms with Crippen LogP contribution in [-0.4, -0.2) is 9.97 Å². The van der Waals surface area contributed by atoms with Crippen molar-refractivity contribution in [3.05, 3.63) is 58.1 Å². The van der Waals surface area contributed by atoms with Crippen molar-refractivity contribution >= 4 is 12.2 Å². The van der Waals surface area contributed by atoms with Crippen molar-refractivity contribution < 1.29 is 0 Å². The maximum absolute atomic E-state index is 5.07. The van der Waals surface area contributed by atoms with Gasteiger partial charge in [-0.1, -0.05) is 42.5 Å². The summed E-state index contributed by atoms with van der Waals surface area (Å²) in [4.78, 5) is 7.51. The van der Waals surface area contributed by atoms with Crippen LogP contribution in [0.3, 0.4) is 0 Å². The summed E-state index contributed by atoms with van der Waals surface area (Å²) in [5.41, 5.74) is 2.29. The summed E-state index contributed by atoms with van der Waals surface area (Å²) < 4.78 is 0.650. The van der Waals surface area contributed by atoms with Crippen LogP contribution in [0.15, 0.2) is 36.4 Å². The van der Waals surface area contributed by atoms with Crippen molar-refractivity contribution in [3.8, 4) is 0 Å². The number of benzene rings is 1. The number of nitrogens with one attached hydrogen (secondary N) is 1. The van der Waals surface area contributed by atoms with E-state index in [9.17, 15) is 0 Å². The van der Waals surface area contributed by atoms with E-state index in [0.717, 1.165) is 17.9 Å². The van der Waals surface area contributed by atoms with Crippen molar-refractivity contribution in [3.63, 3.8) is 0 Å². The topological polar surface area (TPSA) is 28.7 Å². The van der Waals surface area contributed by atoms with Gasteiger partial charge in [0.2, 0.25) is 0 Å². The Morgan fingerprint density at radius 1 is 1.27 bits per heavy atom. The lowest BCUT2D eigenvalue weighted by molar-refractivity contribution is 0.935. The van der Waals surface area contributed by atoms with E-state index in [4.69, 9.17) is 12.2 Å². The van der Waals surface area contributed by atoms with Crippen LogP contribution < -0.4 is 0 Å². The van der Waals surface area contributed by atoms with Gasteiger partial charge in [-0.15, -0.1) is 0 Å². The summed E-state index contributed by atoms with van der Waals surface area (Å²) in [6, 6.07) is 12.1. The van der Waals surface area contributed by atoms with E-state index in [1.54, 1.807) is 0 Å². The normalized spacial score (nSPS) is 10.2. The molecule has 2 nitrogen and oxygen atoms in total. The van der Waals surface area contributed by atoms with Gasteiger partial charge in [0.25, 0.3) is 0 Å². The lowest BCUT2D eigenvalue weighted by atomic mass is 10.1. The molecule has 0 aliphatic heterocycles. The Labute approximate surface area is 94.0 Å². The van der Waals surface area contributed by atoms with E-state index in [0.29, 0.717) is 4.64 Å². The van der Waals surface area contributed by atoms with Crippen LogP contribution in [0.4, 0.5) is 0 Å². The summed E-state index contributed by atoms with van der Waals surface area (Å²) in [6.45, 7) is 1.99. The molecule has 76 valence electrons. The molecule has 0 radical (unpaired) electrons. The first-order chi connectivity index (χ1) is 7.24.